The molecule has 2 aromatic rings. The van der Waals surface area contributed by atoms with E-state index >= 15 is 0 Å². The second-order valence-corrected chi connectivity index (χ2v) is 8.95. The van der Waals surface area contributed by atoms with Crippen LogP contribution in [0.25, 0.3) is 0 Å². The summed E-state index contributed by atoms with van der Waals surface area (Å²) in [7, 11) is 1.60. The second kappa shape index (κ2) is 7.23. The van der Waals surface area contributed by atoms with Gasteiger partial charge >= 0.3 is 0 Å². The highest BCUT2D eigenvalue weighted by molar-refractivity contribution is 9.10. The normalized spacial score (nSPS) is 26.9. The topological polar surface area (TPSA) is 55.3 Å². The third kappa shape index (κ3) is 3.72. The van der Waals surface area contributed by atoms with E-state index in [0.29, 0.717) is 29.9 Å². The fraction of sp³-hybridized carbons (Fsp3) is 0.476. The molecule has 0 amide bonds. The van der Waals surface area contributed by atoms with E-state index < -0.39 is 0 Å². The van der Waals surface area contributed by atoms with E-state index in [1.807, 2.05) is 24.4 Å². The minimum atomic E-state index is -0.228. The average molecular weight is 430 g/mol. The number of hydrogen-bond acceptors (Lipinski definition) is 5. The monoisotopic (exact) mass is 429 g/mol. The highest BCUT2D eigenvalue weighted by Gasteiger charge is 2.50. The molecule has 1 saturated heterocycles. The van der Waals surface area contributed by atoms with E-state index in [1.54, 1.807) is 13.3 Å². The van der Waals surface area contributed by atoms with E-state index in [-0.39, 0.29) is 5.41 Å². The largest absolute Gasteiger partial charge is 0.481 e. The molecule has 0 bridgehead atoms. The van der Waals surface area contributed by atoms with Gasteiger partial charge in [0, 0.05) is 47.9 Å². The molecule has 1 unspecified atom stereocenters. The van der Waals surface area contributed by atoms with Crippen molar-refractivity contribution in [3.8, 4) is 5.88 Å². The molecular weight excluding hydrogens is 406 g/mol. The zero-order valence-electron chi connectivity index (χ0n) is 15.7. The number of rotatable bonds is 5. The first-order valence-corrected chi connectivity index (χ1v) is 10.1. The van der Waals surface area contributed by atoms with Gasteiger partial charge in [-0.15, -0.1) is 0 Å². The Kier molecular flexibility index (Phi) is 4.93. The summed E-state index contributed by atoms with van der Waals surface area (Å²) < 4.78 is 6.09. The third-order valence-corrected chi connectivity index (χ3v) is 6.55. The van der Waals surface area contributed by atoms with Crippen LogP contribution in [0.4, 0.5) is 5.82 Å². The van der Waals surface area contributed by atoms with Gasteiger partial charge in [-0.2, -0.15) is 0 Å². The van der Waals surface area contributed by atoms with Crippen molar-refractivity contribution < 1.29 is 9.53 Å². The number of ketones is 1. The van der Waals surface area contributed by atoms with Crippen LogP contribution in [-0.4, -0.2) is 36.0 Å². The van der Waals surface area contributed by atoms with Gasteiger partial charge in [-0.25, -0.2) is 9.97 Å². The molecule has 4 rings (SSSR count). The van der Waals surface area contributed by atoms with Crippen molar-refractivity contribution in [2.24, 2.45) is 17.3 Å². The molecule has 2 fully saturated rings. The van der Waals surface area contributed by atoms with Gasteiger partial charge in [0.2, 0.25) is 5.88 Å². The maximum Gasteiger partial charge on any atom is 0.212 e. The van der Waals surface area contributed by atoms with Crippen molar-refractivity contribution in [3.05, 3.63) is 46.7 Å². The lowest BCUT2D eigenvalue weighted by Crippen LogP contribution is -2.30. The number of fused-ring (bicyclic) bond motifs is 1. The highest BCUT2D eigenvalue weighted by atomic mass is 79.9. The molecule has 3 atom stereocenters. The third-order valence-electron chi connectivity index (χ3n) is 6.08. The summed E-state index contributed by atoms with van der Waals surface area (Å²) in [6.07, 6.45) is 5.97. The smallest absolute Gasteiger partial charge is 0.212 e. The van der Waals surface area contributed by atoms with Crippen LogP contribution in [-0.2, 0) is 11.2 Å². The van der Waals surface area contributed by atoms with Gasteiger partial charge in [0.15, 0.2) is 0 Å². The van der Waals surface area contributed by atoms with E-state index in [4.69, 9.17) is 4.74 Å². The second-order valence-electron chi connectivity index (χ2n) is 8.04. The number of pyridine rings is 2. The number of carbonyl (C=O) groups excluding carboxylic acids is 1. The van der Waals surface area contributed by atoms with E-state index in [2.05, 4.69) is 43.8 Å². The number of nitrogens with zero attached hydrogens (tertiary/aromatic N) is 3. The summed E-state index contributed by atoms with van der Waals surface area (Å²) in [6, 6.07) is 7.85. The van der Waals surface area contributed by atoms with Crippen molar-refractivity contribution in [1.82, 2.24) is 9.97 Å². The number of anilines is 1. The molecular formula is C21H24BrN3O2. The molecule has 6 heteroatoms. The lowest BCUT2D eigenvalue weighted by atomic mass is 9.80. The summed E-state index contributed by atoms with van der Waals surface area (Å²) in [6.45, 7) is 4.13. The molecule has 0 N–H and O–H groups in total. The molecule has 1 aliphatic carbocycles. The summed E-state index contributed by atoms with van der Waals surface area (Å²) in [4.78, 5) is 24.1. The van der Waals surface area contributed by atoms with E-state index in [0.717, 1.165) is 41.8 Å². The fourth-order valence-electron chi connectivity index (χ4n) is 4.65. The Morgan fingerprint density at radius 3 is 2.48 bits per heavy atom. The van der Waals surface area contributed by atoms with Crippen LogP contribution in [0.3, 0.4) is 0 Å². The minimum Gasteiger partial charge on any atom is -0.481 e. The summed E-state index contributed by atoms with van der Waals surface area (Å²) in [5, 5.41) is 0. The minimum absolute atomic E-state index is 0.228. The summed E-state index contributed by atoms with van der Waals surface area (Å²) in [5.41, 5.74) is 0.730. The Hall–Kier alpha value is -1.95. The predicted octanol–water partition coefficient (Wildman–Crippen LogP) is 3.91. The number of Topliss-reactive ketones (excluding diaryl/α,β-unsaturated/α-hetero) is 1. The molecule has 2 aliphatic rings. The van der Waals surface area contributed by atoms with E-state index in [1.165, 1.54) is 0 Å². The number of carbonyl (C=O) groups is 1. The Morgan fingerprint density at radius 2 is 1.93 bits per heavy atom. The highest BCUT2D eigenvalue weighted by Crippen LogP contribution is 2.50. The first-order valence-electron chi connectivity index (χ1n) is 9.35. The Morgan fingerprint density at radius 1 is 1.19 bits per heavy atom. The molecule has 0 radical (unpaired) electrons. The van der Waals surface area contributed by atoms with Crippen molar-refractivity contribution in [2.45, 2.75) is 26.2 Å². The molecule has 1 aliphatic heterocycles. The van der Waals surface area contributed by atoms with Crippen LogP contribution in [0.5, 0.6) is 5.88 Å². The Bertz CT molecular complexity index is 808. The lowest BCUT2D eigenvalue weighted by molar-refractivity contribution is -0.127. The summed E-state index contributed by atoms with van der Waals surface area (Å²) >= 11 is 3.44. The molecule has 142 valence electrons. The molecule has 3 heterocycles. The quantitative estimate of drug-likeness (QED) is 0.720. The van der Waals surface area contributed by atoms with Crippen LogP contribution in [0.2, 0.25) is 0 Å². The standard InChI is InChI=1S/C21H24BrN3O2/c1-21(18(26)7-14-3-6-20(27-2)24-10-14)8-15-12-25(13-16(15)9-21)19-5-4-17(22)11-23-19/h3-6,10-11,15-16H,7-9,12-13H2,1-2H3/t15-,16+,21?. The van der Waals surface area contributed by atoms with Crippen LogP contribution in [0.1, 0.15) is 25.3 Å². The van der Waals surface area contributed by atoms with Gasteiger partial charge in [0.1, 0.15) is 11.6 Å². The van der Waals surface area contributed by atoms with E-state index in [9.17, 15) is 4.79 Å². The number of hydrogen-bond donors (Lipinski definition) is 0. The number of aromatic nitrogens is 2. The zero-order valence-corrected chi connectivity index (χ0v) is 17.3. The maximum atomic E-state index is 13.0. The van der Waals surface area contributed by atoms with Gasteiger partial charge in [-0.1, -0.05) is 13.0 Å². The van der Waals surface area contributed by atoms with Crippen molar-refractivity contribution >= 4 is 27.5 Å². The molecule has 2 aromatic heterocycles. The van der Waals surface area contributed by atoms with Crippen LogP contribution >= 0.6 is 15.9 Å². The first kappa shape index (κ1) is 18.4. The Labute approximate surface area is 168 Å². The molecule has 0 spiro atoms. The van der Waals surface area contributed by atoms with Gasteiger partial charge in [0.05, 0.1) is 7.11 Å². The first-order chi connectivity index (χ1) is 13.0. The zero-order chi connectivity index (χ0) is 19.0. The van der Waals surface area contributed by atoms with Crippen LogP contribution in [0, 0.1) is 17.3 Å². The Balaban J connectivity index is 1.39. The number of halogens is 1. The maximum absolute atomic E-state index is 13.0. The molecule has 27 heavy (non-hydrogen) atoms. The summed E-state index contributed by atoms with van der Waals surface area (Å²) in [5.74, 6) is 3.08. The molecule has 1 saturated carbocycles. The lowest BCUT2D eigenvalue weighted by Gasteiger charge is -2.26. The van der Waals surface area contributed by atoms with Gasteiger partial charge < -0.3 is 9.64 Å². The van der Waals surface area contributed by atoms with Crippen molar-refractivity contribution in [1.29, 1.82) is 0 Å². The number of ether oxygens (including phenoxy) is 1. The van der Waals surface area contributed by atoms with Gasteiger partial charge in [-0.05, 0) is 58.3 Å². The average Bonchev–Trinajstić information content (AvgIpc) is 3.19. The van der Waals surface area contributed by atoms with Crippen LogP contribution in [0.15, 0.2) is 41.1 Å². The van der Waals surface area contributed by atoms with Gasteiger partial charge in [-0.3, -0.25) is 4.79 Å². The van der Waals surface area contributed by atoms with Crippen molar-refractivity contribution in [3.63, 3.8) is 0 Å². The SMILES string of the molecule is COc1ccc(CC(=O)C2(C)C[C@H]3CN(c4ccc(Br)cn4)C[C@H]3C2)cn1. The predicted molar refractivity (Wildman–Crippen MR) is 108 cm³/mol. The molecule has 0 aromatic carbocycles. The molecule has 5 nitrogen and oxygen atoms in total. The van der Waals surface area contributed by atoms with Crippen LogP contribution < -0.4 is 9.64 Å². The van der Waals surface area contributed by atoms with Crippen molar-refractivity contribution in [2.75, 3.05) is 25.1 Å². The number of methoxy groups -OCH3 is 1. The van der Waals surface area contributed by atoms with Gasteiger partial charge in [0.25, 0.3) is 0 Å². The fourth-order valence-corrected chi connectivity index (χ4v) is 4.88.